The Morgan fingerprint density at radius 3 is 2.38 bits per heavy atom. The summed E-state index contributed by atoms with van der Waals surface area (Å²) in [4.78, 5) is 10.9. The van der Waals surface area contributed by atoms with Crippen LogP contribution in [0, 0.1) is 0 Å². The molecule has 5 nitrogen and oxygen atoms in total. The third-order valence-electron chi connectivity index (χ3n) is 1.49. The number of nitrogens with one attached hydrogen (secondary N) is 1. The van der Waals surface area contributed by atoms with Crippen molar-refractivity contribution in [1.82, 2.24) is 4.72 Å². The molecule has 0 bridgehead atoms. The predicted molar refractivity (Wildman–Crippen MR) is 48.7 cm³/mol. The molecule has 0 spiro atoms. The Hall–Kier alpha value is -1.09. The number of sulfonamides is 1. The molecule has 1 atom stereocenters. The van der Waals surface area contributed by atoms with Crippen molar-refractivity contribution in [3.63, 3.8) is 0 Å². The van der Waals surface area contributed by atoms with Crippen LogP contribution >= 0.6 is 0 Å². The zero-order chi connectivity index (χ0) is 13.0. The van der Waals surface area contributed by atoms with Gasteiger partial charge in [-0.1, -0.05) is 6.08 Å². The van der Waals surface area contributed by atoms with Crippen LogP contribution in [0.5, 0.6) is 0 Å². The molecule has 0 heterocycles. The van der Waals surface area contributed by atoms with E-state index in [1.54, 1.807) is 0 Å². The number of carbonyl (C=O) groups excluding carboxylic acids is 1. The maximum Gasteiger partial charge on any atom is 0.511 e. The van der Waals surface area contributed by atoms with Gasteiger partial charge < -0.3 is 4.74 Å². The fraction of sp³-hybridized carbons (Fsp3) is 0.571. The molecule has 0 amide bonds. The summed E-state index contributed by atoms with van der Waals surface area (Å²) in [5.74, 6) is -1.12. The third-order valence-corrected chi connectivity index (χ3v) is 2.69. The van der Waals surface area contributed by atoms with Crippen LogP contribution in [0.15, 0.2) is 12.7 Å². The first-order chi connectivity index (χ1) is 7.15. The molecule has 0 aliphatic heterocycles. The van der Waals surface area contributed by atoms with Crippen molar-refractivity contribution in [1.29, 1.82) is 0 Å². The first kappa shape index (κ1) is 14.9. The molecular formula is C7H10F3NO4S. The normalized spacial score (nSPS) is 14.2. The number of methoxy groups -OCH3 is 1. The molecule has 0 unspecified atom stereocenters. The summed E-state index contributed by atoms with van der Waals surface area (Å²) in [5.41, 5.74) is -5.47. The van der Waals surface area contributed by atoms with E-state index in [0.717, 1.165) is 13.2 Å². The maximum atomic E-state index is 12.0. The highest BCUT2D eigenvalue weighted by molar-refractivity contribution is 7.90. The molecule has 9 heteroatoms. The summed E-state index contributed by atoms with van der Waals surface area (Å²) in [6.07, 6.45) is 0.794. The summed E-state index contributed by atoms with van der Waals surface area (Å²) < 4.78 is 62.6. The molecule has 0 aliphatic rings. The number of carbonyl (C=O) groups is 1. The number of halogens is 3. The molecule has 0 saturated carbocycles. The Labute approximate surface area is 90.3 Å². The van der Waals surface area contributed by atoms with Crippen LogP contribution in [0.25, 0.3) is 0 Å². The van der Waals surface area contributed by atoms with Crippen LogP contribution < -0.4 is 4.72 Å². The zero-order valence-corrected chi connectivity index (χ0v) is 9.06. The van der Waals surface area contributed by atoms with Gasteiger partial charge in [0.1, 0.15) is 6.04 Å². The Balaban J connectivity index is 4.90. The first-order valence-electron chi connectivity index (χ1n) is 3.93. The summed E-state index contributed by atoms with van der Waals surface area (Å²) in [6.45, 7) is 3.19. The SMILES string of the molecule is C=CC[C@H](NS(=O)(=O)C(F)(F)F)C(=O)OC. The predicted octanol–water partition coefficient (Wildman–Crippen LogP) is 0.543. The molecule has 0 saturated heterocycles. The fourth-order valence-electron chi connectivity index (χ4n) is 0.755. The van der Waals surface area contributed by atoms with Crippen LogP contribution in [0.4, 0.5) is 13.2 Å². The van der Waals surface area contributed by atoms with Crippen LogP contribution in [0.2, 0.25) is 0 Å². The van der Waals surface area contributed by atoms with E-state index in [-0.39, 0.29) is 6.42 Å². The lowest BCUT2D eigenvalue weighted by Crippen LogP contribution is -2.46. The van der Waals surface area contributed by atoms with Gasteiger partial charge in [-0.3, -0.25) is 4.79 Å². The largest absolute Gasteiger partial charge is 0.511 e. The average molecular weight is 261 g/mol. The van der Waals surface area contributed by atoms with Crippen LogP contribution in [0.3, 0.4) is 0 Å². The van der Waals surface area contributed by atoms with Crippen molar-refractivity contribution in [2.75, 3.05) is 7.11 Å². The Kier molecular flexibility index (Phi) is 4.94. The van der Waals surface area contributed by atoms with Crippen molar-refractivity contribution >= 4 is 16.0 Å². The van der Waals surface area contributed by atoms with Gasteiger partial charge in [0, 0.05) is 0 Å². The van der Waals surface area contributed by atoms with E-state index in [1.807, 2.05) is 0 Å². The van der Waals surface area contributed by atoms with Gasteiger partial charge in [0.2, 0.25) is 0 Å². The smallest absolute Gasteiger partial charge is 0.468 e. The summed E-state index contributed by atoms with van der Waals surface area (Å²) >= 11 is 0. The molecule has 94 valence electrons. The van der Waals surface area contributed by atoms with Gasteiger partial charge in [0.15, 0.2) is 0 Å². The second-order valence-corrected chi connectivity index (χ2v) is 4.37. The van der Waals surface area contributed by atoms with Gasteiger partial charge in [-0.25, -0.2) is 8.42 Å². The van der Waals surface area contributed by atoms with Crippen LogP contribution in [0.1, 0.15) is 6.42 Å². The molecular weight excluding hydrogens is 251 g/mol. The lowest BCUT2D eigenvalue weighted by Gasteiger charge is -2.16. The van der Waals surface area contributed by atoms with E-state index < -0.39 is 27.5 Å². The Morgan fingerprint density at radius 1 is 1.56 bits per heavy atom. The van der Waals surface area contributed by atoms with Crippen molar-refractivity contribution < 1.29 is 31.1 Å². The number of ether oxygens (including phenoxy) is 1. The van der Waals surface area contributed by atoms with Crippen molar-refractivity contribution in [3.8, 4) is 0 Å². The molecule has 0 aliphatic carbocycles. The lowest BCUT2D eigenvalue weighted by atomic mass is 10.2. The van der Waals surface area contributed by atoms with E-state index in [2.05, 4.69) is 11.3 Å². The standard InChI is InChI=1S/C7H10F3NO4S/c1-3-4-5(6(12)15-2)11-16(13,14)7(8,9)10/h3,5,11H,1,4H2,2H3/t5-/m0/s1. The number of hydrogen-bond acceptors (Lipinski definition) is 4. The summed E-state index contributed by atoms with van der Waals surface area (Å²) in [5, 5.41) is 0. The minimum atomic E-state index is -5.57. The highest BCUT2D eigenvalue weighted by Crippen LogP contribution is 2.22. The van der Waals surface area contributed by atoms with E-state index >= 15 is 0 Å². The molecule has 0 radical (unpaired) electrons. The average Bonchev–Trinajstić information content (AvgIpc) is 2.14. The number of rotatable bonds is 5. The molecule has 0 aromatic heterocycles. The molecule has 0 aromatic rings. The molecule has 0 aromatic carbocycles. The molecule has 16 heavy (non-hydrogen) atoms. The summed E-state index contributed by atoms with van der Waals surface area (Å²) in [7, 11) is -4.64. The number of alkyl halides is 3. The molecule has 0 rings (SSSR count). The fourth-order valence-corrected chi connectivity index (χ4v) is 1.46. The van der Waals surface area contributed by atoms with Crippen molar-refractivity contribution in [2.45, 2.75) is 18.0 Å². The molecule has 0 fully saturated rings. The number of esters is 1. The van der Waals surface area contributed by atoms with Crippen LogP contribution in [-0.4, -0.2) is 33.0 Å². The minimum absolute atomic E-state index is 0.304. The highest BCUT2D eigenvalue weighted by Gasteiger charge is 2.47. The van der Waals surface area contributed by atoms with E-state index in [1.165, 1.54) is 4.72 Å². The van der Waals surface area contributed by atoms with Crippen molar-refractivity contribution in [3.05, 3.63) is 12.7 Å². The van der Waals surface area contributed by atoms with Gasteiger partial charge in [-0.2, -0.15) is 17.9 Å². The van der Waals surface area contributed by atoms with Gasteiger partial charge in [-0.05, 0) is 6.42 Å². The van der Waals surface area contributed by atoms with Crippen LogP contribution in [-0.2, 0) is 19.6 Å². The summed E-state index contributed by atoms with van der Waals surface area (Å²) in [6, 6.07) is -1.63. The second-order valence-electron chi connectivity index (χ2n) is 2.67. The Morgan fingerprint density at radius 2 is 2.06 bits per heavy atom. The first-order valence-corrected chi connectivity index (χ1v) is 5.41. The minimum Gasteiger partial charge on any atom is -0.468 e. The topological polar surface area (TPSA) is 72.5 Å². The van der Waals surface area contributed by atoms with Gasteiger partial charge in [-0.15, -0.1) is 6.58 Å². The third kappa shape index (κ3) is 3.81. The van der Waals surface area contributed by atoms with E-state index in [9.17, 15) is 26.4 Å². The highest BCUT2D eigenvalue weighted by atomic mass is 32.2. The monoisotopic (exact) mass is 261 g/mol. The second kappa shape index (κ2) is 5.30. The van der Waals surface area contributed by atoms with Crippen molar-refractivity contribution in [2.24, 2.45) is 0 Å². The molecule has 1 N–H and O–H groups in total. The maximum absolute atomic E-state index is 12.0. The van der Waals surface area contributed by atoms with Gasteiger partial charge in [0.25, 0.3) is 0 Å². The Bertz CT molecular complexity index is 362. The van der Waals surface area contributed by atoms with E-state index in [0.29, 0.717) is 0 Å². The van der Waals surface area contributed by atoms with Gasteiger partial charge in [0.05, 0.1) is 7.11 Å². The quantitative estimate of drug-likeness (QED) is 0.579. The zero-order valence-electron chi connectivity index (χ0n) is 8.24. The number of hydrogen-bond donors (Lipinski definition) is 1. The van der Waals surface area contributed by atoms with E-state index in [4.69, 9.17) is 0 Å². The lowest BCUT2D eigenvalue weighted by molar-refractivity contribution is -0.142. The van der Waals surface area contributed by atoms with Gasteiger partial charge >= 0.3 is 21.5 Å².